The van der Waals surface area contributed by atoms with E-state index in [0.29, 0.717) is 24.9 Å². The van der Waals surface area contributed by atoms with Gasteiger partial charge in [0.05, 0.1) is 11.6 Å². The van der Waals surface area contributed by atoms with Crippen LogP contribution in [0.3, 0.4) is 0 Å². The summed E-state index contributed by atoms with van der Waals surface area (Å²) in [4.78, 5) is 30.3. The minimum atomic E-state index is -0.990. The molecule has 0 radical (unpaired) electrons. The van der Waals surface area contributed by atoms with E-state index in [1.54, 1.807) is 11.0 Å². The Bertz CT molecular complexity index is 871. The largest absolute Gasteiger partial charge is 0.351 e. The van der Waals surface area contributed by atoms with E-state index in [4.69, 9.17) is 0 Å². The summed E-state index contributed by atoms with van der Waals surface area (Å²) in [7, 11) is 0. The predicted octanol–water partition coefficient (Wildman–Crippen LogP) is 2.25. The predicted molar refractivity (Wildman–Crippen MR) is 86.8 cm³/mol. The van der Waals surface area contributed by atoms with Crippen molar-refractivity contribution in [3.8, 4) is 0 Å². The van der Waals surface area contributed by atoms with Crippen LogP contribution in [-0.4, -0.2) is 40.8 Å². The van der Waals surface area contributed by atoms with Crippen LogP contribution >= 0.6 is 0 Å². The van der Waals surface area contributed by atoms with Gasteiger partial charge < -0.3 is 10.2 Å². The molecule has 2 unspecified atom stereocenters. The number of aromatic nitrogens is 1. The second kappa shape index (κ2) is 6.06. The zero-order chi connectivity index (χ0) is 17.6. The lowest BCUT2D eigenvalue weighted by Gasteiger charge is -2.16. The first-order valence-electron chi connectivity index (χ1n) is 8.36. The van der Waals surface area contributed by atoms with Crippen LogP contribution < -0.4 is 5.32 Å². The highest BCUT2D eigenvalue weighted by Crippen LogP contribution is 2.26. The number of halogens is 2. The van der Waals surface area contributed by atoms with E-state index in [0.717, 1.165) is 25.0 Å². The van der Waals surface area contributed by atoms with Crippen LogP contribution in [0.15, 0.2) is 24.3 Å². The molecule has 2 aliphatic rings. The molecule has 25 heavy (non-hydrogen) atoms. The fourth-order valence-corrected chi connectivity index (χ4v) is 3.70. The summed E-state index contributed by atoms with van der Waals surface area (Å²) in [5.74, 6) is -1.90. The quantitative estimate of drug-likeness (QED) is 0.862. The van der Waals surface area contributed by atoms with Gasteiger partial charge in [0, 0.05) is 31.0 Å². The zero-order valence-electron chi connectivity index (χ0n) is 13.5. The smallest absolute Gasteiger partial charge is 0.272 e. The van der Waals surface area contributed by atoms with Crippen LogP contribution in [0.1, 0.15) is 29.8 Å². The van der Waals surface area contributed by atoms with E-state index in [-0.39, 0.29) is 35.0 Å². The summed E-state index contributed by atoms with van der Waals surface area (Å²) in [6, 6.07) is 5.12. The standard InChI is InChI=1S/C18H17F2N3O2/c19-12-6-10-4-5-14(21-15(10)7-13(12)20)18(25)23-8-11-2-1-3-17(24)22-16(11)9-23/h4-7,11,16H,1-3,8-9H2,(H,22,24). The van der Waals surface area contributed by atoms with Gasteiger partial charge in [-0.05, 0) is 30.9 Å². The lowest BCUT2D eigenvalue weighted by molar-refractivity contribution is -0.121. The SMILES string of the molecule is O=C1CCCC2CN(C(=O)c3ccc4cc(F)c(F)cc4n3)CC2N1. The molecule has 0 saturated carbocycles. The zero-order valence-corrected chi connectivity index (χ0v) is 13.5. The Labute approximate surface area is 143 Å². The molecule has 7 heteroatoms. The lowest BCUT2D eigenvalue weighted by Crippen LogP contribution is -2.39. The van der Waals surface area contributed by atoms with E-state index in [2.05, 4.69) is 10.3 Å². The lowest BCUT2D eigenvalue weighted by atomic mass is 9.99. The van der Waals surface area contributed by atoms with Gasteiger partial charge in [-0.3, -0.25) is 9.59 Å². The highest BCUT2D eigenvalue weighted by Gasteiger charge is 2.37. The number of hydrogen-bond acceptors (Lipinski definition) is 3. The third-order valence-electron chi connectivity index (χ3n) is 5.00. The molecule has 2 aromatic rings. The van der Waals surface area contributed by atoms with Gasteiger partial charge >= 0.3 is 0 Å². The number of fused-ring (bicyclic) bond motifs is 2. The molecule has 1 N–H and O–H groups in total. The van der Waals surface area contributed by atoms with Gasteiger partial charge in [0.25, 0.3) is 5.91 Å². The summed E-state index contributed by atoms with van der Waals surface area (Å²) < 4.78 is 26.7. The second-order valence-electron chi connectivity index (χ2n) is 6.69. The van der Waals surface area contributed by atoms with Crippen LogP contribution in [0.2, 0.25) is 0 Å². The maximum absolute atomic E-state index is 13.4. The molecule has 130 valence electrons. The molecule has 4 rings (SSSR count). The van der Waals surface area contributed by atoms with Crippen molar-refractivity contribution < 1.29 is 18.4 Å². The molecule has 5 nitrogen and oxygen atoms in total. The number of nitrogens with one attached hydrogen (secondary N) is 1. The van der Waals surface area contributed by atoms with Crippen LogP contribution in [0.5, 0.6) is 0 Å². The number of carbonyl (C=O) groups is 2. The number of benzene rings is 1. The average molecular weight is 345 g/mol. The Hall–Kier alpha value is -2.57. The van der Waals surface area contributed by atoms with Gasteiger partial charge in [-0.15, -0.1) is 0 Å². The summed E-state index contributed by atoms with van der Waals surface area (Å²) >= 11 is 0. The molecule has 0 aliphatic carbocycles. The van der Waals surface area contributed by atoms with Crippen molar-refractivity contribution in [2.24, 2.45) is 5.92 Å². The normalized spacial score (nSPS) is 23.3. The summed E-state index contributed by atoms with van der Waals surface area (Å²) in [5, 5.41) is 3.42. The molecule has 1 aromatic heterocycles. The fourth-order valence-electron chi connectivity index (χ4n) is 3.70. The molecule has 2 amide bonds. The third kappa shape index (κ3) is 2.94. The fraction of sp³-hybridized carbons (Fsp3) is 0.389. The number of likely N-dealkylation sites (tertiary alicyclic amines) is 1. The number of hydrogen-bond donors (Lipinski definition) is 1. The van der Waals surface area contributed by atoms with Gasteiger partial charge in [-0.1, -0.05) is 6.07 Å². The minimum absolute atomic E-state index is 0.0223. The van der Waals surface area contributed by atoms with Gasteiger partial charge in [0.2, 0.25) is 5.91 Å². The monoisotopic (exact) mass is 345 g/mol. The minimum Gasteiger partial charge on any atom is -0.351 e. The number of rotatable bonds is 1. The maximum atomic E-state index is 13.4. The van der Waals surface area contributed by atoms with E-state index in [1.807, 2.05) is 0 Å². The van der Waals surface area contributed by atoms with Crippen molar-refractivity contribution >= 4 is 22.7 Å². The van der Waals surface area contributed by atoms with E-state index >= 15 is 0 Å². The van der Waals surface area contributed by atoms with Crippen LogP contribution in [0.25, 0.3) is 10.9 Å². The first kappa shape index (κ1) is 15.9. The average Bonchev–Trinajstić information content (AvgIpc) is 2.89. The molecule has 0 bridgehead atoms. The van der Waals surface area contributed by atoms with Crippen molar-refractivity contribution in [1.29, 1.82) is 0 Å². The van der Waals surface area contributed by atoms with Crippen molar-refractivity contribution in [3.63, 3.8) is 0 Å². The van der Waals surface area contributed by atoms with Crippen molar-refractivity contribution in [1.82, 2.24) is 15.2 Å². The Morgan fingerprint density at radius 2 is 2.00 bits per heavy atom. The second-order valence-corrected chi connectivity index (χ2v) is 6.69. The molecule has 2 aliphatic heterocycles. The highest BCUT2D eigenvalue weighted by atomic mass is 19.2. The Morgan fingerprint density at radius 1 is 1.20 bits per heavy atom. The Morgan fingerprint density at radius 3 is 2.84 bits per heavy atom. The number of pyridine rings is 1. The molecule has 2 atom stereocenters. The van der Waals surface area contributed by atoms with Crippen LogP contribution in [-0.2, 0) is 4.79 Å². The van der Waals surface area contributed by atoms with Crippen molar-refractivity contribution in [2.75, 3.05) is 13.1 Å². The first-order chi connectivity index (χ1) is 12.0. The summed E-state index contributed by atoms with van der Waals surface area (Å²) in [6.45, 7) is 1.02. The molecule has 0 spiro atoms. The molecule has 2 fully saturated rings. The number of carbonyl (C=O) groups excluding carboxylic acids is 2. The van der Waals surface area contributed by atoms with E-state index < -0.39 is 11.6 Å². The third-order valence-corrected chi connectivity index (χ3v) is 5.00. The summed E-state index contributed by atoms with van der Waals surface area (Å²) in [6.07, 6.45) is 2.27. The van der Waals surface area contributed by atoms with Crippen LogP contribution in [0.4, 0.5) is 8.78 Å². The van der Waals surface area contributed by atoms with Gasteiger partial charge in [-0.25, -0.2) is 13.8 Å². The molecular weight excluding hydrogens is 328 g/mol. The molecule has 1 aromatic carbocycles. The van der Waals surface area contributed by atoms with Gasteiger partial charge in [0.1, 0.15) is 5.69 Å². The number of nitrogens with zero attached hydrogens (tertiary/aromatic N) is 2. The summed E-state index contributed by atoms with van der Waals surface area (Å²) in [5.41, 5.74) is 0.438. The van der Waals surface area contributed by atoms with Crippen molar-refractivity contribution in [2.45, 2.75) is 25.3 Å². The number of amides is 2. The molecular formula is C18H17F2N3O2. The topological polar surface area (TPSA) is 62.3 Å². The van der Waals surface area contributed by atoms with Gasteiger partial charge in [-0.2, -0.15) is 0 Å². The van der Waals surface area contributed by atoms with Crippen molar-refractivity contribution in [3.05, 3.63) is 41.6 Å². The van der Waals surface area contributed by atoms with E-state index in [9.17, 15) is 18.4 Å². The molecule has 3 heterocycles. The van der Waals surface area contributed by atoms with E-state index in [1.165, 1.54) is 6.07 Å². The Kier molecular flexibility index (Phi) is 3.86. The van der Waals surface area contributed by atoms with Gasteiger partial charge in [0.15, 0.2) is 11.6 Å². The van der Waals surface area contributed by atoms with Crippen LogP contribution in [0, 0.1) is 17.6 Å². The molecule has 2 saturated heterocycles. The maximum Gasteiger partial charge on any atom is 0.272 e. The Balaban J connectivity index is 1.58. The first-order valence-corrected chi connectivity index (χ1v) is 8.36. The highest BCUT2D eigenvalue weighted by molar-refractivity contribution is 5.95.